The van der Waals surface area contributed by atoms with Gasteiger partial charge in [-0.1, -0.05) is 0 Å². The highest BCUT2D eigenvalue weighted by Gasteiger charge is 2.18. The lowest BCUT2D eigenvalue weighted by Gasteiger charge is -2.03. The van der Waals surface area contributed by atoms with Crippen molar-refractivity contribution < 1.29 is 13.3 Å². The smallest absolute Gasteiger partial charge is 0.258 e. The fourth-order valence-corrected chi connectivity index (χ4v) is 2.53. The van der Waals surface area contributed by atoms with Crippen molar-refractivity contribution in [2.24, 2.45) is 0 Å². The van der Waals surface area contributed by atoms with Crippen LogP contribution >= 0.6 is 0 Å². The Hall–Kier alpha value is -2.22. The van der Waals surface area contributed by atoms with E-state index in [1.165, 1.54) is 18.3 Å². The largest absolute Gasteiger partial charge is 0.282 e. The molecule has 7 nitrogen and oxygen atoms in total. The highest BCUT2D eigenvalue weighted by molar-refractivity contribution is 7.89. The Morgan fingerprint density at radius 3 is 2.28 bits per heavy atom. The molecule has 2 aromatic rings. The van der Waals surface area contributed by atoms with E-state index in [-0.39, 0.29) is 10.6 Å². The van der Waals surface area contributed by atoms with Gasteiger partial charge in [-0.05, 0) is 25.1 Å². The molecule has 94 valence electrons. The van der Waals surface area contributed by atoms with Crippen molar-refractivity contribution in [2.75, 3.05) is 0 Å². The molecule has 0 fully saturated rings. The monoisotopic (exact) mass is 267 g/mol. The molecule has 0 aliphatic heterocycles. The highest BCUT2D eigenvalue weighted by atomic mass is 32.2. The van der Waals surface area contributed by atoms with Crippen molar-refractivity contribution in [1.82, 2.24) is 9.19 Å². The van der Waals surface area contributed by atoms with E-state index in [9.17, 15) is 18.5 Å². The van der Waals surface area contributed by atoms with E-state index in [1.807, 2.05) is 0 Å². The van der Waals surface area contributed by atoms with Crippen LogP contribution in [0.5, 0.6) is 0 Å². The maximum atomic E-state index is 12.1. The zero-order valence-electron chi connectivity index (χ0n) is 9.35. The Balaban J connectivity index is 2.45. The molecule has 1 aromatic heterocycles. The summed E-state index contributed by atoms with van der Waals surface area (Å²) >= 11 is 0. The van der Waals surface area contributed by atoms with Gasteiger partial charge >= 0.3 is 0 Å². The third-order valence-corrected chi connectivity index (χ3v) is 3.85. The molecule has 1 heterocycles. The maximum absolute atomic E-state index is 12.1. The second kappa shape index (κ2) is 4.22. The minimum atomic E-state index is -3.78. The number of aryl methyl sites for hydroxylation is 1. The molecule has 18 heavy (non-hydrogen) atoms. The highest BCUT2D eigenvalue weighted by Crippen LogP contribution is 2.17. The predicted octanol–water partition coefficient (Wildman–Crippen LogP) is 1.34. The lowest BCUT2D eigenvalue weighted by molar-refractivity contribution is -0.384. The van der Waals surface area contributed by atoms with Crippen molar-refractivity contribution in [3.05, 3.63) is 52.3 Å². The van der Waals surface area contributed by atoms with E-state index >= 15 is 0 Å². The fourth-order valence-electron chi connectivity index (χ4n) is 1.38. The molecule has 0 unspecified atom stereocenters. The molecule has 0 aliphatic rings. The Labute approximate surface area is 103 Å². The summed E-state index contributed by atoms with van der Waals surface area (Å²) in [6.45, 7) is 1.67. The molecule has 0 spiro atoms. The van der Waals surface area contributed by atoms with Crippen LogP contribution in [-0.2, 0) is 10.0 Å². The van der Waals surface area contributed by atoms with Crippen LogP contribution in [0.15, 0.2) is 41.4 Å². The second-order valence-electron chi connectivity index (χ2n) is 3.59. The molecule has 0 atom stereocenters. The van der Waals surface area contributed by atoms with Gasteiger partial charge in [0.15, 0.2) is 0 Å². The average molecular weight is 267 g/mol. The van der Waals surface area contributed by atoms with Gasteiger partial charge in [0.05, 0.1) is 15.5 Å². The van der Waals surface area contributed by atoms with Gasteiger partial charge in [-0.25, -0.2) is 0 Å². The molecule has 0 saturated heterocycles. The van der Waals surface area contributed by atoms with Gasteiger partial charge in [-0.2, -0.15) is 17.6 Å². The molecule has 1 aromatic carbocycles. The van der Waals surface area contributed by atoms with Crippen LogP contribution in [0.3, 0.4) is 0 Å². The second-order valence-corrected chi connectivity index (χ2v) is 5.38. The van der Waals surface area contributed by atoms with Crippen molar-refractivity contribution >= 4 is 15.7 Å². The summed E-state index contributed by atoms with van der Waals surface area (Å²) in [4.78, 5) is 9.84. The Morgan fingerprint density at radius 2 is 1.83 bits per heavy atom. The van der Waals surface area contributed by atoms with E-state index in [1.54, 1.807) is 13.0 Å². The fraction of sp³-hybridized carbons (Fsp3) is 0.100. The molecule has 0 saturated carbocycles. The summed E-state index contributed by atoms with van der Waals surface area (Å²) in [6.07, 6.45) is 1.33. The molecule has 8 heteroatoms. The Kier molecular flexibility index (Phi) is 2.87. The van der Waals surface area contributed by atoms with Crippen LogP contribution in [0, 0.1) is 17.0 Å². The minimum Gasteiger partial charge on any atom is -0.258 e. The molecular formula is C10H9N3O4S. The van der Waals surface area contributed by atoms with Crippen LogP contribution < -0.4 is 0 Å². The number of rotatable bonds is 3. The first kappa shape index (κ1) is 12.2. The lowest BCUT2D eigenvalue weighted by Crippen LogP contribution is -2.13. The van der Waals surface area contributed by atoms with Crippen molar-refractivity contribution in [3.8, 4) is 0 Å². The van der Waals surface area contributed by atoms with Gasteiger partial charge in [0, 0.05) is 18.3 Å². The summed E-state index contributed by atoms with van der Waals surface area (Å²) in [5, 5.41) is 14.3. The van der Waals surface area contributed by atoms with Gasteiger partial charge in [-0.15, -0.1) is 0 Å². The summed E-state index contributed by atoms with van der Waals surface area (Å²) < 4.78 is 25.0. The van der Waals surface area contributed by atoms with Gasteiger partial charge in [0.1, 0.15) is 0 Å². The number of aromatic nitrogens is 2. The molecule has 0 amide bonds. The van der Waals surface area contributed by atoms with Crippen LogP contribution in [0.1, 0.15) is 5.69 Å². The molecule has 2 rings (SSSR count). The molecular weight excluding hydrogens is 258 g/mol. The van der Waals surface area contributed by atoms with E-state index in [4.69, 9.17) is 0 Å². The van der Waals surface area contributed by atoms with Crippen molar-refractivity contribution in [1.29, 1.82) is 0 Å². The first-order valence-corrected chi connectivity index (χ1v) is 6.37. The third-order valence-electron chi connectivity index (χ3n) is 2.29. The number of nitrogens with zero attached hydrogens (tertiary/aromatic N) is 3. The number of nitro groups is 1. The number of non-ortho nitro benzene ring substituents is 1. The van der Waals surface area contributed by atoms with Crippen LogP contribution in [-0.4, -0.2) is 22.5 Å². The summed E-state index contributed by atoms with van der Waals surface area (Å²) in [7, 11) is -3.78. The first-order chi connectivity index (χ1) is 8.41. The number of hydrogen-bond acceptors (Lipinski definition) is 5. The number of hydrogen-bond donors (Lipinski definition) is 0. The zero-order valence-corrected chi connectivity index (χ0v) is 10.2. The van der Waals surface area contributed by atoms with Gasteiger partial charge in [0.2, 0.25) is 0 Å². The molecule has 0 bridgehead atoms. The Morgan fingerprint density at radius 1 is 1.22 bits per heavy atom. The maximum Gasteiger partial charge on any atom is 0.282 e. The summed E-state index contributed by atoms with van der Waals surface area (Å²) in [5.74, 6) is 0. The standard InChI is InChI=1S/C10H9N3O4S/c1-8-6-7-12(11-8)18(16,17)10-4-2-9(3-5-10)13(14)15/h2-7H,1H3. The van der Waals surface area contributed by atoms with E-state index in [0.717, 1.165) is 16.2 Å². The van der Waals surface area contributed by atoms with Crippen LogP contribution in [0.2, 0.25) is 0 Å². The van der Waals surface area contributed by atoms with Gasteiger partial charge in [0.25, 0.3) is 15.7 Å². The van der Waals surface area contributed by atoms with Crippen LogP contribution in [0.25, 0.3) is 0 Å². The van der Waals surface area contributed by atoms with Crippen molar-refractivity contribution in [3.63, 3.8) is 0 Å². The molecule has 0 radical (unpaired) electrons. The van der Waals surface area contributed by atoms with Crippen LogP contribution in [0.4, 0.5) is 5.69 Å². The van der Waals surface area contributed by atoms with Crippen molar-refractivity contribution in [2.45, 2.75) is 11.8 Å². The van der Waals surface area contributed by atoms with E-state index in [0.29, 0.717) is 5.69 Å². The molecule has 0 aliphatic carbocycles. The Bertz CT molecular complexity index is 688. The lowest BCUT2D eigenvalue weighted by atomic mass is 10.3. The first-order valence-electron chi connectivity index (χ1n) is 4.93. The minimum absolute atomic E-state index is 0.0452. The molecule has 0 N–H and O–H groups in total. The van der Waals surface area contributed by atoms with E-state index < -0.39 is 14.9 Å². The third kappa shape index (κ3) is 2.09. The summed E-state index contributed by atoms with van der Waals surface area (Å²) in [6, 6.07) is 6.21. The average Bonchev–Trinajstić information content (AvgIpc) is 2.76. The van der Waals surface area contributed by atoms with Gasteiger partial charge < -0.3 is 0 Å². The predicted molar refractivity (Wildman–Crippen MR) is 62.6 cm³/mol. The summed E-state index contributed by atoms with van der Waals surface area (Å²) in [5.41, 5.74) is 0.408. The number of benzene rings is 1. The number of nitro benzene ring substituents is 1. The normalized spacial score (nSPS) is 11.4. The topological polar surface area (TPSA) is 95.1 Å². The van der Waals surface area contributed by atoms with Gasteiger partial charge in [-0.3, -0.25) is 10.1 Å². The quantitative estimate of drug-likeness (QED) is 0.617. The van der Waals surface area contributed by atoms with E-state index in [2.05, 4.69) is 5.10 Å². The SMILES string of the molecule is Cc1ccn(S(=O)(=O)c2ccc([N+](=O)[O-])cc2)n1. The zero-order chi connectivity index (χ0) is 13.3.